The highest BCUT2D eigenvalue weighted by molar-refractivity contribution is 7.80. The van der Waals surface area contributed by atoms with Gasteiger partial charge in [-0.15, -0.1) is 0 Å². The summed E-state index contributed by atoms with van der Waals surface area (Å²) in [6.45, 7) is 0. The number of benzene rings is 2. The number of carboxylic acids is 2. The summed E-state index contributed by atoms with van der Waals surface area (Å²) in [5.74, 6) is -5.58. The van der Waals surface area contributed by atoms with E-state index in [4.69, 9.17) is 5.73 Å². The number of aromatic hydroxyl groups is 1. The van der Waals surface area contributed by atoms with Crippen LogP contribution in [0.3, 0.4) is 0 Å². The van der Waals surface area contributed by atoms with E-state index in [0.717, 1.165) is 5.56 Å². The van der Waals surface area contributed by atoms with Crippen molar-refractivity contribution < 1.29 is 39.3 Å². The number of phenolic OH excluding ortho intramolecular Hbond substituents is 1. The molecule has 2 aromatic carbocycles. The molecule has 38 heavy (non-hydrogen) atoms. The summed E-state index contributed by atoms with van der Waals surface area (Å²) in [6.07, 6.45) is -0.742. The van der Waals surface area contributed by atoms with Crippen molar-refractivity contribution >= 4 is 42.3 Å². The van der Waals surface area contributed by atoms with Gasteiger partial charge in [-0.05, 0) is 29.7 Å². The van der Waals surface area contributed by atoms with Crippen LogP contribution < -0.4 is 21.7 Å². The van der Waals surface area contributed by atoms with E-state index in [1.165, 1.54) is 24.3 Å². The maximum Gasteiger partial charge on any atom is 0.326 e. The number of phenols is 1. The van der Waals surface area contributed by atoms with E-state index in [1.54, 1.807) is 30.3 Å². The van der Waals surface area contributed by atoms with Crippen LogP contribution in [0.15, 0.2) is 54.6 Å². The van der Waals surface area contributed by atoms with E-state index in [1.807, 2.05) is 0 Å². The van der Waals surface area contributed by atoms with Crippen LogP contribution in [0.25, 0.3) is 0 Å². The molecule has 0 aliphatic carbocycles. The second kappa shape index (κ2) is 14.6. The number of hydrogen-bond donors (Lipinski definition) is 8. The highest BCUT2D eigenvalue weighted by Crippen LogP contribution is 2.12. The smallest absolute Gasteiger partial charge is 0.326 e. The highest BCUT2D eigenvalue weighted by Gasteiger charge is 2.31. The van der Waals surface area contributed by atoms with Crippen molar-refractivity contribution in [2.45, 2.75) is 43.4 Å². The second-order valence-corrected chi connectivity index (χ2v) is 8.83. The maximum atomic E-state index is 12.8. The van der Waals surface area contributed by atoms with Crippen LogP contribution in [0, 0.1) is 0 Å². The SMILES string of the molecule is NC(Cc1ccccc1)C(=O)NC(CC(=O)O)C(=O)NC(CS)C(=O)NC(Cc1ccc(O)cc1)C(=O)O. The van der Waals surface area contributed by atoms with Gasteiger partial charge in [0.05, 0.1) is 12.5 Å². The lowest BCUT2D eigenvalue weighted by Gasteiger charge is -2.24. The van der Waals surface area contributed by atoms with E-state index in [2.05, 4.69) is 28.6 Å². The minimum Gasteiger partial charge on any atom is -0.508 e. The van der Waals surface area contributed by atoms with Crippen LogP contribution in [0.4, 0.5) is 0 Å². The summed E-state index contributed by atoms with van der Waals surface area (Å²) in [4.78, 5) is 61.1. The van der Waals surface area contributed by atoms with Crippen LogP contribution in [0.5, 0.6) is 5.75 Å². The first-order valence-corrected chi connectivity index (χ1v) is 12.2. The van der Waals surface area contributed by atoms with Gasteiger partial charge in [-0.3, -0.25) is 19.2 Å². The molecule has 0 saturated heterocycles. The molecule has 13 heteroatoms. The molecule has 2 aromatic rings. The Morgan fingerprint density at radius 2 is 1.26 bits per heavy atom. The molecule has 0 bridgehead atoms. The van der Waals surface area contributed by atoms with Crippen molar-refractivity contribution in [1.82, 2.24) is 16.0 Å². The lowest BCUT2D eigenvalue weighted by molar-refractivity contribution is -0.143. The number of thiol groups is 1. The van der Waals surface area contributed by atoms with E-state index in [9.17, 15) is 39.3 Å². The summed E-state index contributed by atoms with van der Waals surface area (Å²) >= 11 is 4.04. The Bertz CT molecular complexity index is 1130. The molecular formula is C25H30N4O8S. The first kappa shape index (κ1) is 30.1. The number of rotatable bonds is 14. The first-order chi connectivity index (χ1) is 18.0. The van der Waals surface area contributed by atoms with Crippen molar-refractivity contribution in [1.29, 1.82) is 0 Å². The molecule has 0 heterocycles. The number of nitrogens with one attached hydrogen (secondary N) is 3. The zero-order chi connectivity index (χ0) is 28.2. The van der Waals surface area contributed by atoms with Crippen LogP contribution in [-0.2, 0) is 36.8 Å². The van der Waals surface area contributed by atoms with Gasteiger partial charge in [-0.2, -0.15) is 12.6 Å². The average molecular weight is 547 g/mol. The zero-order valence-corrected chi connectivity index (χ0v) is 21.1. The Morgan fingerprint density at radius 1 is 0.737 bits per heavy atom. The number of aliphatic carboxylic acids is 2. The van der Waals surface area contributed by atoms with Gasteiger partial charge in [0.15, 0.2) is 0 Å². The predicted molar refractivity (Wildman–Crippen MR) is 139 cm³/mol. The Hall–Kier alpha value is -4.10. The van der Waals surface area contributed by atoms with Gasteiger partial charge in [0.2, 0.25) is 17.7 Å². The monoisotopic (exact) mass is 546 g/mol. The molecule has 4 unspecified atom stereocenters. The summed E-state index contributed by atoms with van der Waals surface area (Å²) in [6, 6.07) is 9.27. The van der Waals surface area contributed by atoms with Gasteiger partial charge in [-0.25, -0.2) is 4.79 Å². The van der Waals surface area contributed by atoms with E-state index in [-0.39, 0.29) is 24.3 Å². The maximum absolute atomic E-state index is 12.8. The topological polar surface area (TPSA) is 208 Å². The van der Waals surface area contributed by atoms with Gasteiger partial charge in [0.1, 0.15) is 23.9 Å². The highest BCUT2D eigenvalue weighted by atomic mass is 32.1. The molecule has 0 aliphatic rings. The molecule has 0 fully saturated rings. The van der Waals surface area contributed by atoms with Crippen molar-refractivity contribution in [3.63, 3.8) is 0 Å². The molecule has 0 spiro atoms. The Balaban J connectivity index is 2.05. The molecule has 0 radical (unpaired) electrons. The fourth-order valence-electron chi connectivity index (χ4n) is 3.43. The first-order valence-electron chi connectivity index (χ1n) is 11.5. The third kappa shape index (κ3) is 9.75. The van der Waals surface area contributed by atoms with Gasteiger partial charge in [0, 0.05) is 12.2 Å². The van der Waals surface area contributed by atoms with Crippen molar-refractivity contribution in [2.24, 2.45) is 5.73 Å². The molecule has 3 amide bonds. The van der Waals surface area contributed by atoms with Crippen molar-refractivity contribution in [3.8, 4) is 5.75 Å². The Morgan fingerprint density at radius 3 is 1.82 bits per heavy atom. The molecule has 0 saturated carbocycles. The standard InChI is InChI=1S/C25H30N4O8S/c26-17(10-14-4-2-1-3-5-14)22(33)27-18(12-21(31)32)23(34)29-20(13-38)24(35)28-19(25(36)37)11-15-6-8-16(30)9-7-15/h1-9,17-20,30,38H,10-13,26H2,(H,27,33)(H,28,35)(H,29,34)(H,31,32)(H,36,37). The summed E-state index contributed by atoms with van der Waals surface area (Å²) < 4.78 is 0. The quantitative estimate of drug-likeness (QED) is 0.143. The summed E-state index contributed by atoms with van der Waals surface area (Å²) in [7, 11) is 0. The lowest BCUT2D eigenvalue weighted by atomic mass is 10.0. The molecular weight excluding hydrogens is 516 g/mol. The van der Waals surface area contributed by atoms with Crippen LogP contribution >= 0.6 is 12.6 Å². The fraction of sp³-hybridized carbons (Fsp3) is 0.320. The largest absolute Gasteiger partial charge is 0.508 e. The number of nitrogens with two attached hydrogens (primary N) is 1. The van der Waals surface area contributed by atoms with Gasteiger partial charge < -0.3 is 37.0 Å². The predicted octanol–water partition coefficient (Wildman–Crippen LogP) is -0.552. The second-order valence-electron chi connectivity index (χ2n) is 8.47. The molecule has 204 valence electrons. The molecule has 12 nitrogen and oxygen atoms in total. The molecule has 8 N–H and O–H groups in total. The Labute approximate surface area is 224 Å². The third-order valence-electron chi connectivity index (χ3n) is 5.45. The number of carbonyl (C=O) groups is 5. The minimum absolute atomic E-state index is 0.00783. The van der Waals surface area contributed by atoms with Crippen molar-refractivity contribution in [3.05, 3.63) is 65.7 Å². The summed E-state index contributed by atoms with van der Waals surface area (Å²) in [5.41, 5.74) is 7.21. The minimum atomic E-state index is -1.55. The summed E-state index contributed by atoms with van der Waals surface area (Å²) in [5, 5.41) is 35.1. The lowest BCUT2D eigenvalue weighted by Crippen LogP contribution is -2.58. The number of carboxylic acid groups (broad SMARTS) is 2. The van der Waals surface area contributed by atoms with Crippen LogP contribution in [0.2, 0.25) is 0 Å². The van der Waals surface area contributed by atoms with E-state index >= 15 is 0 Å². The van der Waals surface area contributed by atoms with Gasteiger partial charge in [0.25, 0.3) is 0 Å². The number of hydrogen-bond acceptors (Lipinski definition) is 8. The molecule has 0 aliphatic heterocycles. The number of carbonyl (C=O) groups excluding carboxylic acids is 3. The van der Waals surface area contributed by atoms with E-state index < -0.39 is 60.2 Å². The van der Waals surface area contributed by atoms with Gasteiger partial charge in [-0.1, -0.05) is 42.5 Å². The normalized spacial score (nSPS) is 13.8. The van der Waals surface area contributed by atoms with Crippen molar-refractivity contribution in [2.75, 3.05) is 5.75 Å². The van der Waals surface area contributed by atoms with Crippen LogP contribution in [-0.4, -0.2) is 74.9 Å². The zero-order valence-electron chi connectivity index (χ0n) is 20.2. The van der Waals surface area contributed by atoms with E-state index in [0.29, 0.717) is 5.56 Å². The molecule has 2 rings (SSSR count). The fourth-order valence-corrected chi connectivity index (χ4v) is 3.69. The number of amides is 3. The van der Waals surface area contributed by atoms with Gasteiger partial charge >= 0.3 is 11.9 Å². The molecule has 0 aromatic heterocycles. The Kier molecular flexibility index (Phi) is 11.6. The average Bonchev–Trinajstić information content (AvgIpc) is 2.87. The molecule has 4 atom stereocenters. The third-order valence-corrected chi connectivity index (χ3v) is 5.82. The van der Waals surface area contributed by atoms with Crippen LogP contribution in [0.1, 0.15) is 17.5 Å².